The standard InChI is InChI=1S/C20H23ClN2O2/c21-18-6-4-5-17(15-18)9-10-22-11-13-23(14-12-22)20(24)16-25-19-7-2-1-3-8-19/h1-8,15H,9-14,16H2. The number of halogens is 1. The van der Waals surface area contributed by atoms with E-state index in [4.69, 9.17) is 16.3 Å². The Labute approximate surface area is 154 Å². The van der Waals surface area contributed by atoms with Crippen molar-refractivity contribution >= 4 is 17.5 Å². The van der Waals surface area contributed by atoms with Gasteiger partial charge >= 0.3 is 0 Å². The average molecular weight is 359 g/mol. The van der Waals surface area contributed by atoms with E-state index in [-0.39, 0.29) is 12.5 Å². The number of benzene rings is 2. The highest BCUT2D eigenvalue weighted by molar-refractivity contribution is 6.30. The summed E-state index contributed by atoms with van der Waals surface area (Å²) in [7, 11) is 0. The van der Waals surface area contributed by atoms with Crippen molar-refractivity contribution < 1.29 is 9.53 Å². The number of hydrogen-bond donors (Lipinski definition) is 0. The maximum absolute atomic E-state index is 12.3. The van der Waals surface area contributed by atoms with Crippen LogP contribution in [0.5, 0.6) is 5.75 Å². The van der Waals surface area contributed by atoms with Gasteiger partial charge < -0.3 is 9.64 Å². The quantitative estimate of drug-likeness (QED) is 0.795. The third-order valence-electron chi connectivity index (χ3n) is 4.44. The lowest BCUT2D eigenvalue weighted by Crippen LogP contribution is -2.50. The van der Waals surface area contributed by atoms with Gasteiger partial charge in [0.2, 0.25) is 0 Å². The van der Waals surface area contributed by atoms with Crippen LogP contribution in [0.2, 0.25) is 5.02 Å². The van der Waals surface area contributed by atoms with Gasteiger partial charge in [0.25, 0.3) is 5.91 Å². The molecule has 0 saturated carbocycles. The topological polar surface area (TPSA) is 32.8 Å². The molecule has 2 aromatic rings. The molecule has 1 amide bonds. The molecule has 0 bridgehead atoms. The van der Waals surface area contributed by atoms with Gasteiger partial charge in [-0.25, -0.2) is 0 Å². The van der Waals surface area contributed by atoms with Gasteiger partial charge in [0.05, 0.1) is 0 Å². The lowest BCUT2D eigenvalue weighted by atomic mass is 10.1. The molecule has 2 aromatic carbocycles. The minimum Gasteiger partial charge on any atom is -0.484 e. The Morgan fingerprint density at radius 3 is 2.48 bits per heavy atom. The van der Waals surface area contributed by atoms with Crippen LogP contribution in [0.25, 0.3) is 0 Å². The fraction of sp³-hybridized carbons (Fsp3) is 0.350. The zero-order valence-corrected chi connectivity index (χ0v) is 15.0. The van der Waals surface area contributed by atoms with Crippen molar-refractivity contribution in [1.29, 1.82) is 0 Å². The SMILES string of the molecule is O=C(COc1ccccc1)N1CCN(CCc2cccc(Cl)c2)CC1. The van der Waals surface area contributed by atoms with Gasteiger partial charge in [0.1, 0.15) is 5.75 Å². The van der Waals surface area contributed by atoms with Crippen LogP contribution in [0.4, 0.5) is 0 Å². The number of para-hydroxylation sites is 1. The number of carbonyl (C=O) groups excluding carboxylic acids is 1. The summed E-state index contributed by atoms with van der Waals surface area (Å²) in [6, 6.07) is 17.5. The van der Waals surface area contributed by atoms with Crippen molar-refractivity contribution in [3.8, 4) is 5.75 Å². The molecule has 0 N–H and O–H groups in total. The second kappa shape index (κ2) is 8.88. The maximum Gasteiger partial charge on any atom is 0.260 e. The Bertz CT molecular complexity index is 685. The van der Waals surface area contributed by atoms with Crippen LogP contribution in [0, 0.1) is 0 Å². The molecule has 1 fully saturated rings. The largest absolute Gasteiger partial charge is 0.484 e. The van der Waals surface area contributed by atoms with Gasteiger partial charge in [-0.05, 0) is 36.2 Å². The van der Waals surface area contributed by atoms with Crippen molar-refractivity contribution in [1.82, 2.24) is 9.80 Å². The average Bonchev–Trinajstić information content (AvgIpc) is 2.66. The zero-order chi connectivity index (χ0) is 17.5. The van der Waals surface area contributed by atoms with E-state index in [1.165, 1.54) is 5.56 Å². The van der Waals surface area contributed by atoms with E-state index in [2.05, 4.69) is 11.0 Å². The first-order valence-electron chi connectivity index (χ1n) is 8.63. The van der Waals surface area contributed by atoms with Crippen molar-refractivity contribution in [2.75, 3.05) is 39.3 Å². The second-order valence-corrected chi connectivity index (χ2v) is 6.64. The number of rotatable bonds is 6. The highest BCUT2D eigenvalue weighted by atomic mass is 35.5. The normalized spacial score (nSPS) is 15.2. The predicted molar refractivity (Wildman–Crippen MR) is 100 cm³/mol. The van der Waals surface area contributed by atoms with E-state index in [9.17, 15) is 4.79 Å². The first-order valence-corrected chi connectivity index (χ1v) is 9.01. The molecule has 0 spiro atoms. The van der Waals surface area contributed by atoms with Gasteiger partial charge in [-0.2, -0.15) is 0 Å². The highest BCUT2D eigenvalue weighted by Crippen LogP contribution is 2.13. The Hall–Kier alpha value is -2.04. The molecule has 1 aliphatic rings. The van der Waals surface area contributed by atoms with Crippen molar-refractivity contribution in [2.45, 2.75) is 6.42 Å². The summed E-state index contributed by atoms with van der Waals surface area (Å²) in [6.45, 7) is 4.41. The zero-order valence-electron chi connectivity index (χ0n) is 14.2. The van der Waals surface area contributed by atoms with Crippen molar-refractivity contribution in [3.05, 3.63) is 65.2 Å². The summed E-state index contributed by atoms with van der Waals surface area (Å²) in [5.74, 6) is 0.786. The summed E-state index contributed by atoms with van der Waals surface area (Å²) < 4.78 is 5.55. The number of carbonyl (C=O) groups is 1. The predicted octanol–water partition coefficient (Wildman–Crippen LogP) is 3.11. The van der Waals surface area contributed by atoms with Crippen LogP contribution < -0.4 is 4.74 Å². The third kappa shape index (κ3) is 5.48. The number of amides is 1. The smallest absolute Gasteiger partial charge is 0.260 e. The van der Waals surface area contributed by atoms with Crippen LogP contribution in [0.1, 0.15) is 5.56 Å². The van der Waals surface area contributed by atoms with Gasteiger partial charge in [0.15, 0.2) is 6.61 Å². The first-order chi connectivity index (χ1) is 12.2. The fourth-order valence-corrected chi connectivity index (χ4v) is 3.17. The van der Waals surface area contributed by atoms with Crippen LogP contribution in [-0.4, -0.2) is 55.0 Å². The van der Waals surface area contributed by atoms with Crippen LogP contribution in [0.3, 0.4) is 0 Å². The first kappa shape index (κ1) is 17.8. The molecule has 0 aliphatic carbocycles. The Kier molecular flexibility index (Phi) is 6.31. The minimum absolute atomic E-state index is 0.0540. The summed E-state index contributed by atoms with van der Waals surface area (Å²) in [5.41, 5.74) is 1.25. The highest BCUT2D eigenvalue weighted by Gasteiger charge is 2.21. The van der Waals surface area contributed by atoms with Crippen LogP contribution >= 0.6 is 11.6 Å². The summed E-state index contributed by atoms with van der Waals surface area (Å²) in [5, 5.41) is 0.784. The third-order valence-corrected chi connectivity index (χ3v) is 4.67. The van der Waals surface area contributed by atoms with Gasteiger partial charge in [-0.15, -0.1) is 0 Å². The van der Waals surface area contributed by atoms with E-state index in [0.29, 0.717) is 0 Å². The van der Waals surface area contributed by atoms with Gasteiger partial charge in [-0.3, -0.25) is 9.69 Å². The lowest BCUT2D eigenvalue weighted by molar-refractivity contribution is -0.135. The molecule has 1 aliphatic heterocycles. The van der Waals surface area contributed by atoms with Crippen LogP contribution in [-0.2, 0) is 11.2 Å². The Morgan fingerprint density at radius 2 is 1.76 bits per heavy atom. The molecule has 0 atom stereocenters. The molecular weight excluding hydrogens is 336 g/mol. The van der Waals surface area contributed by atoms with E-state index in [0.717, 1.165) is 49.9 Å². The van der Waals surface area contributed by atoms with Gasteiger partial charge in [0, 0.05) is 37.7 Å². The van der Waals surface area contributed by atoms with E-state index < -0.39 is 0 Å². The summed E-state index contributed by atoms with van der Waals surface area (Å²) in [6.07, 6.45) is 0.978. The lowest BCUT2D eigenvalue weighted by Gasteiger charge is -2.34. The molecule has 25 heavy (non-hydrogen) atoms. The monoisotopic (exact) mass is 358 g/mol. The van der Waals surface area contributed by atoms with E-state index in [1.54, 1.807) is 0 Å². The minimum atomic E-state index is 0.0540. The van der Waals surface area contributed by atoms with Crippen LogP contribution in [0.15, 0.2) is 54.6 Å². The number of piperazine rings is 1. The Morgan fingerprint density at radius 1 is 1.00 bits per heavy atom. The van der Waals surface area contributed by atoms with Crippen molar-refractivity contribution in [3.63, 3.8) is 0 Å². The molecule has 132 valence electrons. The number of nitrogens with zero attached hydrogens (tertiary/aromatic N) is 2. The molecule has 1 saturated heterocycles. The molecular formula is C20H23ClN2O2. The van der Waals surface area contributed by atoms with E-state index in [1.807, 2.05) is 53.4 Å². The number of ether oxygens (including phenoxy) is 1. The van der Waals surface area contributed by atoms with Gasteiger partial charge in [-0.1, -0.05) is 41.9 Å². The second-order valence-electron chi connectivity index (χ2n) is 6.20. The number of hydrogen-bond acceptors (Lipinski definition) is 3. The molecule has 3 rings (SSSR count). The molecule has 4 nitrogen and oxygen atoms in total. The molecule has 1 heterocycles. The molecule has 0 aromatic heterocycles. The van der Waals surface area contributed by atoms with Crippen molar-refractivity contribution in [2.24, 2.45) is 0 Å². The van der Waals surface area contributed by atoms with E-state index >= 15 is 0 Å². The summed E-state index contributed by atoms with van der Waals surface area (Å²) in [4.78, 5) is 16.5. The maximum atomic E-state index is 12.3. The Balaban J connectivity index is 1.38. The molecule has 0 radical (unpaired) electrons. The molecule has 0 unspecified atom stereocenters. The fourth-order valence-electron chi connectivity index (χ4n) is 2.95. The summed E-state index contributed by atoms with van der Waals surface area (Å²) >= 11 is 6.02. The molecule has 5 heteroatoms.